The lowest BCUT2D eigenvalue weighted by Crippen LogP contribution is -2.57. The van der Waals surface area contributed by atoms with Crippen LogP contribution in [0.15, 0.2) is 0 Å². The van der Waals surface area contributed by atoms with Crippen molar-refractivity contribution in [2.75, 3.05) is 6.61 Å². The second kappa shape index (κ2) is 7.04. The lowest BCUT2D eigenvalue weighted by atomic mass is 9.77. The Morgan fingerprint density at radius 3 is 2.65 bits per heavy atom. The SMILES string of the molecule is O=C(N[C@@H](CCO)C(=O)O)C1CCC2CCCCC2N1. The van der Waals surface area contributed by atoms with Crippen molar-refractivity contribution < 1.29 is 19.8 Å². The molecule has 1 amide bonds. The molecule has 0 bridgehead atoms. The summed E-state index contributed by atoms with van der Waals surface area (Å²) in [5.74, 6) is -0.686. The van der Waals surface area contributed by atoms with Gasteiger partial charge in [0.15, 0.2) is 0 Å². The van der Waals surface area contributed by atoms with Crippen molar-refractivity contribution >= 4 is 11.9 Å². The Morgan fingerprint density at radius 1 is 1.20 bits per heavy atom. The van der Waals surface area contributed by atoms with Gasteiger partial charge in [0.05, 0.1) is 6.04 Å². The highest BCUT2D eigenvalue weighted by molar-refractivity contribution is 5.87. The number of carboxylic acids is 1. The average molecular weight is 284 g/mol. The van der Waals surface area contributed by atoms with Crippen molar-refractivity contribution in [1.82, 2.24) is 10.6 Å². The molecular formula is C14H24N2O4. The molecule has 0 aromatic heterocycles. The zero-order valence-electron chi connectivity index (χ0n) is 11.7. The molecule has 0 aromatic rings. The number of rotatable bonds is 5. The third-order valence-electron chi connectivity index (χ3n) is 4.50. The molecule has 1 heterocycles. The van der Waals surface area contributed by atoms with Gasteiger partial charge in [0, 0.05) is 19.1 Å². The fourth-order valence-corrected chi connectivity index (χ4v) is 3.36. The molecule has 114 valence electrons. The van der Waals surface area contributed by atoms with Crippen LogP contribution in [0.25, 0.3) is 0 Å². The summed E-state index contributed by atoms with van der Waals surface area (Å²) < 4.78 is 0. The Morgan fingerprint density at radius 2 is 1.95 bits per heavy atom. The van der Waals surface area contributed by atoms with E-state index in [0.29, 0.717) is 12.0 Å². The van der Waals surface area contributed by atoms with E-state index in [1.165, 1.54) is 19.3 Å². The highest BCUT2D eigenvalue weighted by atomic mass is 16.4. The minimum Gasteiger partial charge on any atom is -0.480 e. The molecule has 6 nitrogen and oxygen atoms in total. The molecule has 1 saturated carbocycles. The first-order chi connectivity index (χ1) is 9.61. The molecule has 6 heteroatoms. The molecule has 1 saturated heterocycles. The van der Waals surface area contributed by atoms with Crippen molar-refractivity contribution in [2.24, 2.45) is 5.92 Å². The highest BCUT2D eigenvalue weighted by Gasteiger charge is 2.35. The minimum atomic E-state index is -1.10. The maximum Gasteiger partial charge on any atom is 0.326 e. The number of hydrogen-bond acceptors (Lipinski definition) is 4. The Hall–Kier alpha value is -1.14. The van der Waals surface area contributed by atoms with Crippen LogP contribution >= 0.6 is 0 Å². The summed E-state index contributed by atoms with van der Waals surface area (Å²) in [6.07, 6.45) is 6.65. The maximum atomic E-state index is 12.1. The van der Waals surface area contributed by atoms with Crippen LogP contribution in [-0.2, 0) is 9.59 Å². The fourth-order valence-electron chi connectivity index (χ4n) is 3.36. The van der Waals surface area contributed by atoms with Gasteiger partial charge in [-0.1, -0.05) is 12.8 Å². The monoisotopic (exact) mass is 284 g/mol. The summed E-state index contributed by atoms with van der Waals surface area (Å²) in [6, 6.07) is -0.900. The molecule has 4 atom stereocenters. The highest BCUT2D eigenvalue weighted by Crippen LogP contribution is 2.32. The van der Waals surface area contributed by atoms with Crippen LogP contribution in [0.4, 0.5) is 0 Å². The van der Waals surface area contributed by atoms with Gasteiger partial charge in [-0.15, -0.1) is 0 Å². The number of nitrogens with one attached hydrogen (secondary N) is 2. The number of fused-ring (bicyclic) bond motifs is 1. The van der Waals surface area contributed by atoms with Gasteiger partial charge in [-0.3, -0.25) is 4.79 Å². The molecule has 2 fully saturated rings. The summed E-state index contributed by atoms with van der Waals surface area (Å²) in [5, 5.41) is 23.7. The van der Waals surface area contributed by atoms with E-state index in [2.05, 4.69) is 10.6 Å². The molecule has 1 aliphatic heterocycles. The maximum absolute atomic E-state index is 12.1. The topological polar surface area (TPSA) is 98.7 Å². The predicted molar refractivity (Wildman–Crippen MR) is 73.2 cm³/mol. The van der Waals surface area contributed by atoms with Crippen LogP contribution in [0, 0.1) is 5.92 Å². The van der Waals surface area contributed by atoms with E-state index < -0.39 is 12.0 Å². The van der Waals surface area contributed by atoms with Gasteiger partial charge < -0.3 is 20.8 Å². The van der Waals surface area contributed by atoms with Gasteiger partial charge in [-0.2, -0.15) is 0 Å². The van der Waals surface area contributed by atoms with E-state index >= 15 is 0 Å². The normalized spacial score (nSPS) is 31.1. The largest absolute Gasteiger partial charge is 0.480 e. The summed E-state index contributed by atoms with van der Waals surface area (Å²) in [4.78, 5) is 23.1. The number of carbonyl (C=O) groups is 2. The van der Waals surface area contributed by atoms with Crippen LogP contribution in [0.5, 0.6) is 0 Å². The van der Waals surface area contributed by atoms with Gasteiger partial charge in [0.25, 0.3) is 0 Å². The van der Waals surface area contributed by atoms with E-state index in [0.717, 1.165) is 19.3 Å². The van der Waals surface area contributed by atoms with Gasteiger partial charge in [0.1, 0.15) is 6.04 Å². The number of amides is 1. The quantitative estimate of drug-likeness (QED) is 0.580. The Kier molecular flexibility index (Phi) is 5.37. The number of carbonyl (C=O) groups excluding carboxylic acids is 1. The van der Waals surface area contributed by atoms with Gasteiger partial charge >= 0.3 is 5.97 Å². The molecule has 2 aliphatic rings. The van der Waals surface area contributed by atoms with Gasteiger partial charge in [-0.25, -0.2) is 4.79 Å². The summed E-state index contributed by atoms with van der Waals surface area (Å²) in [6.45, 7) is -0.250. The molecular weight excluding hydrogens is 260 g/mol. The predicted octanol–water partition coefficient (Wildman–Crippen LogP) is 0.249. The van der Waals surface area contributed by atoms with Crippen LogP contribution in [0.3, 0.4) is 0 Å². The van der Waals surface area contributed by atoms with Crippen LogP contribution in [-0.4, -0.2) is 46.8 Å². The summed E-state index contributed by atoms with van der Waals surface area (Å²) in [5.41, 5.74) is 0. The third kappa shape index (κ3) is 3.70. The van der Waals surface area contributed by atoms with Crippen molar-refractivity contribution in [3.63, 3.8) is 0 Å². The number of carboxylic acid groups (broad SMARTS) is 1. The summed E-state index contributed by atoms with van der Waals surface area (Å²) in [7, 11) is 0. The van der Waals surface area contributed by atoms with E-state index in [-0.39, 0.29) is 25.0 Å². The third-order valence-corrected chi connectivity index (χ3v) is 4.50. The number of aliphatic carboxylic acids is 1. The average Bonchev–Trinajstić information content (AvgIpc) is 2.46. The molecule has 0 aromatic carbocycles. The van der Waals surface area contributed by atoms with Gasteiger partial charge in [-0.05, 0) is 31.6 Å². The van der Waals surface area contributed by atoms with Crippen LogP contribution in [0.2, 0.25) is 0 Å². The fraction of sp³-hybridized carbons (Fsp3) is 0.857. The molecule has 20 heavy (non-hydrogen) atoms. The molecule has 1 aliphatic carbocycles. The summed E-state index contributed by atoms with van der Waals surface area (Å²) >= 11 is 0. The van der Waals surface area contributed by atoms with Crippen molar-refractivity contribution in [3.8, 4) is 0 Å². The first-order valence-corrected chi connectivity index (χ1v) is 7.52. The number of aliphatic hydroxyl groups excluding tert-OH is 1. The molecule has 2 rings (SSSR count). The van der Waals surface area contributed by atoms with Gasteiger partial charge in [0.2, 0.25) is 5.91 Å². The lowest BCUT2D eigenvalue weighted by Gasteiger charge is -2.40. The van der Waals surface area contributed by atoms with E-state index in [1.54, 1.807) is 0 Å². The van der Waals surface area contributed by atoms with Crippen LogP contribution in [0.1, 0.15) is 44.9 Å². The zero-order chi connectivity index (χ0) is 14.5. The van der Waals surface area contributed by atoms with E-state index in [9.17, 15) is 9.59 Å². The van der Waals surface area contributed by atoms with Crippen molar-refractivity contribution in [3.05, 3.63) is 0 Å². The molecule has 4 N–H and O–H groups in total. The van der Waals surface area contributed by atoms with E-state index in [1.807, 2.05) is 0 Å². The zero-order valence-corrected chi connectivity index (χ0v) is 11.7. The second-order valence-corrected chi connectivity index (χ2v) is 5.86. The van der Waals surface area contributed by atoms with Crippen LogP contribution < -0.4 is 10.6 Å². The van der Waals surface area contributed by atoms with E-state index in [4.69, 9.17) is 10.2 Å². The number of hydrogen-bond donors (Lipinski definition) is 4. The Labute approximate surface area is 118 Å². The first-order valence-electron chi connectivity index (χ1n) is 7.52. The Balaban J connectivity index is 1.87. The smallest absolute Gasteiger partial charge is 0.326 e. The molecule has 0 radical (unpaired) electrons. The Bertz CT molecular complexity index is 361. The standard InChI is InChI=1S/C14H24N2O4/c17-8-7-12(14(19)20)16-13(18)11-6-5-9-3-1-2-4-10(9)15-11/h9-12,15,17H,1-8H2,(H,16,18)(H,19,20)/t9?,10?,11?,12-/m0/s1. The molecule has 0 spiro atoms. The minimum absolute atomic E-state index is 0.0415. The number of piperidine rings is 1. The number of aliphatic hydroxyl groups is 1. The van der Waals surface area contributed by atoms with Crippen molar-refractivity contribution in [1.29, 1.82) is 0 Å². The lowest BCUT2D eigenvalue weighted by molar-refractivity contribution is -0.142. The first kappa shape index (κ1) is 15.3. The van der Waals surface area contributed by atoms with Crippen molar-refractivity contribution in [2.45, 2.75) is 63.1 Å². The molecule has 3 unspecified atom stereocenters. The second-order valence-electron chi connectivity index (χ2n) is 5.86.